The summed E-state index contributed by atoms with van der Waals surface area (Å²) in [5.41, 5.74) is -0.00659. The van der Waals surface area contributed by atoms with Crippen molar-refractivity contribution in [2.75, 3.05) is 6.61 Å². The Morgan fingerprint density at radius 1 is 1.29 bits per heavy atom. The van der Waals surface area contributed by atoms with E-state index in [1.165, 1.54) is 0 Å². The SMILES string of the molecule is O=C(COc1cc(F)ccc1[N+](=O)[O-])c1ccccc1Br. The van der Waals surface area contributed by atoms with Crippen molar-refractivity contribution in [3.05, 3.63) is 68.4 Å². The predicted octanol–water partition coefficient (Wildman–Crippen LogP) is 3.76. The van der Waals surface area contributed by atoms with Gasteiger partial charge < -0.3 is 4.74 Å². The molecule has 7 heteroatoms. The average molecular weight is 354 g/mol. The number of carbonyl (C=O) groups is 1. The number of ether oxygens (including phenoxy) is 1. The predicted molar refractivity (Wildman–Crippen MR) is 77.0 cm³/mol. The van der Waals surface area contributed by atoms with Gasteiger partial charge in [-0.3, -0.25) is 14.9 Å². The number of hydrogen-bond donors (Lipinski definition) is 0. The van der Waals surface area contributed by atoms with E-state index in [0.717, 1.165) is 18.2 Å². The highest BCUT2D eigenvalue weighted by atomic mass is 79.9. The molecule has 108 valence electrons. The fourth-order valence-electron chi connectivity index (χ4n) is 1.66. The van der Waals surface area contributed by atoms with Gasteiger partial charge in [-0.05, 0) is 12.1 Å². The van der Waals surface area contributed by atoms with Crippen LogP contribution in [0, 0.1) is 15.9 Å². The molecule has 0 bridgehead atoms. The Morgan fingerprint density at radius 3 is 2.67 bits per heavy atom. The number of benzene rings is 2. The highest BCUT2D eigenvalue weighted by Gasteiger charge is 2.18. The molecule has 0 heterocycles. The van der Waals surface area contributed by atoms with Crippen LogP contribution in [0.2, 0.25) is 0 Å². The van der Waals surface area contributed by atoms with Crippen molar-refractivity contribution in [2.24, 2.45) is 0 Å². The van der Waals surface area contributed by atoms with E-state index in [1.807, 2.05) is 0 Å². The molecule has 0 N–H and O–H groups in total. The zero-order valence-corrected chi connectivity index (χ0v) is 12.2. The van der Waals surface area contributed by atoms with Crippen molar-refractivity contribution in [3.8, 4) is 5.75 Å². The normalized spacial score (nSPS) is 10.2. The van der Waals surface area contributed by atoms with Crippen LogP contribution in [-0.2, 0) is 0 Å². The van der Waals surface area contributed by atoms with Gasteiger partial charge in [0.25, 0.3) is 0 Å². The Labute approximate surface area is 127 Å². The number of nitro groups is 1. The number of ketones is 1. The number of nitrogens with zero attached hydrogens (tertiary/aromatic N) is 1. The fourth-order valence-corrected chi connectivity index (χ4v) is 2.17. The molecule has 0 fully saturated rings. The van der Waals surface area contributed by atoms with Gasteiger partial charge in [-0.15, -0.1) is 0 Å². The van der Waals surface area contributed by atoms with Crippen LogP contribution in [0.25, 0.3) is 0 Å². The molecule has 2 rings (SSSR count). The maximum absolute atomic E-state index is 13.1. The summed E-state index contributed by atoms with van der Waals surface area (Å²) in [7, 11) is 0. The van der Waals surface area contributed by atoms with Crippen LogP contribution in [-0.4, -0.2) is 17.3 Å². The lowest BCUT2D eigenvalue weighted by Crippen LogP contribution is -2.13. The summed E-state index contributed by atoms with van der Waals surface area (Å²) in [6.45, 7) is -0.424. The largest absolute Gasteiger partial charge is 0.478 e. The van der Waals surface area contributed by atoms with Crippen LogP contribution >= 0.6 is 15.9 Å². The van der Waals surface area contributed by atoms with Gasteiger partial charge in [0, 0.05) is 22.2 Å². The lowest BCUT2D eigenvalue weighted by molar-refractivity contribution is -0.385. The summed E-state index contributed by atoms with van der Waals surface area (Å²) in [4.78, 5) is 22.1. The van der Waals surface area contributed by atoms with Gasteiger partial charge >= 0.3 is 5.69 Å². The second-order valence-electron chi connectivity index (χ2n) is 4.06. The molecule has 0 unspecified atom stereocenters. The summed E-state index contributed by atoms with van der Waals surface area (Å²) < 4.78 is 18.8. The first-order chi connectivity index (χ1) is 9.99. The minimum Gasteiger partial charge on any atom is -0.478 e. The molecule has 0 saturated carbocycles. The summed E-state index contributed by atoms with van der Waals surface area (Å²) >= 11 is 3.23. The zero-order valence-electron chi connectivity index (χ0n) is 10.6. The second-order valence-corrected chi connectivity index (χ2v) is 4.92. The minimum absolute atomic E-state index is 0.277. The van der Waals surface area contributed by atoms with Gasteiger partial charge in [-0.25, -0.2) is 4.39 Å². The first kappa shape index (κ1) is 15.1. The molecular weight excluding hydrogens is 345 g/mol. The molecule has 0 spiro atoms. The molecule has 0 radical (unpaired) electrons. The maximum atomic E-state index is 13.1. The van der Waals surface area contributed by atoms with Crippen molar-refractivity contribution >= 4 is 27.4 Å². The van der Waals surface area contributed by atoms with Gasteiger partial charge in [0.1, 0.15) is 5.82 Å². The van der Waals surface area contributed by atoms with Crippen LogP contribution in [0.1, 0.15) is 10.4 Å². The third kappa shape index (κ3) is 3.63. The number of nitro benzene ring substituents is 1. The van der Waals surface area contributed by atoms with Crippen molar-refractivity contribution in [3.63, 3.8) is 0 Å². The molecule has 21 heavy (non-hydrogen) atoms. The number of carbonyl (C=O) groups excluding carboxylic acids is 1. The monoisotopic (exact) mass is 353 g/mol. The van der Waals surface area contributed by atoms with Gasteiger partial charge in [-0.1, -0.05) is 34.1 Å². The molecule has 0 aliphatic rings. The van der Waals surface area contributed by atoms with Crippen LogP contribution in [0.3, 0.4) is 0 Å². The summed E-state index contributed by atoms with van der Waals surface area (Å²) in [6.07, 6.45) is 0. The molecule has 0 aliphatic carbocycles. The van der Waals surface area contributed by atoms with E-state index in [2.05, 4.69) is 15.9 Å². The standard InChI is InChI=1S/C14H9BrFNO4/c15-11-4-2-1-3-10(11)13(18)8-21-14-7-9(16)5-6-12(14)17(19)20/h1-7H,8H2. The summed E-state index contributed by atoms with van der Waals surface area (Å²) in [6, 6.07) is 9.55. The molecule has 0 saturated heterocycles. The molecular formula is C14H9BrFNO4. The van der Waals surface area contributed by atoms with Crippen LogP contribution in [0.5, 0.6) is 5.75 Å². The number of Topliss-reactive ketones (excluding diaryl/α,β-unsaturated/α-hetero) is 1. The molecule has 0 aromatic heterocycles. The zero-order chi connectivity index (χ0) is 15.4. The Morgan fingerprint density at radius 2 is 2.00 bits per heavy atom. The first-order valence-corrected chi connectivity index (χ1v) is 6.63. The number of halogens is 2. The third-order valence-corrected chi connectivity index (χ3v) is 3.34. The third-order valence-electron chi connectivity index (χ3n) is 2.65. The van der Waals surface area contributed by atoms with Crippen molar-refractivity contribution in [1.29, 1.82) is 0 Å². The molecule has 0 atom stereocenters. The smallest absolute Gasteiger partial charge is 0.311 e. The van der Waals surface area contributed by atoms with Crippen LogP contribution < -0.4 is 4.74 Å². The highest BCUT2D eigenvalue weighted by Crippen LogP contribution is 2.27. The average Bonchev–Trinajstić information content (AvgIpc) is 2.45. The van der Waals surface area contributed by atoms with Crippen LogP contribution in [0.4, 0.5) is 10.1 Å². The minimum atomic E-state index is -0.697. The van der Waals surface area contributed by atoms with E-state index in [4.69, 9.17) is 4.74 Å². The first-order valence-electron chi connectivity index (χ1n) is 5.83. The lowest BCUT2D eigenvalue weighted by atomic mass is 10.1. The quantitative estimate of drug-likeness (QED) is 0.466. The van der Waals surface area contributed by atoms with Crippen molar-refractivity contribution in [2.45, 2.75) is 0 Å². The van der Waals surface area contributed by atoms with Crippen molar-refractivity contribution in [1.82, 2.24) is 0 Å². The Bertz CT molecular complexity index is 705. The van der Waals surface area contributed by atoms with E-state index in [9.17, 15) is 19.3 Å². The van der Waals surface area contributed by atoms with Gasteiger partial charge in [-0.2, -0.15) is 0 Å². The number of hydrogen-bond acceptors (Lipinski definition) is 4. The number of rotatable bonds is 5. The van der Waals surface area contributed by atoms with Crippen molar-refractivity contribution < 1.29 is 18.8 Å². The van der Waals surface area contributed by atoms with Crippen LogP contribution in [0.15, 0.2) is 46.9 Å². The molecule has 2 aromatic rings. The Balaban J connectivity index is 2.17. The molecule has 0 aliphatic heterocycles. The fraction of sp³-hybridized carbons (Fsp3) is 0.0714. The topological polar surface area (TPSA) is 69.4 Å². The Hall–Kier alpha value is -2.28. The molecule has 5 nitrogen and oxygen atoms in total. The van der Waals surface area contributed by atoms with Gasteiger partial charge in [0.15, 0.2) is 12.4 Å². The summed E-state index contributed by atoms with van der Waals surface area (Å²) in [5.74, 6) is -1.33. The van der Waals surface area contributed by atoms with E-state index in [-0.39, 0.29) is 11.5 Å². The highest BCUT2D eigenvalue weighted by molar-refractivity contribution is 9.10. The summed E-state index contributed by atoms with van der Waals surface area (Å²) in [5, 5.41) is 10.8. The van der Waals surface area contributed by atoms with E-state index < -0.39 is 23.0 Å². The van der Waals surface area contributed by atoms with Gasteiger partial charge in [0.05, 0.1) is 4.92 Å². The van der Waals surface area contributed by atoms with E-state index in [0.29, 0.717) is 10.0 Å². The van der Waals surface area contributed by atoms with E-state index >= 15 is 0 Å². The van der Waals surface area contributed by atoms with Gasteiger partial charge in [0.2, 0.25) is 5.78 Å². The van der Waals surface area contributed by atoms with E-state index in [1.54, 1.807) is 24.3 Å². The Kier molecular flexibility index (Phi) is 4.64. The molecule has 2 aromatic carbocycles. The second kappa shape index (κ2) is 6.45. The maximum Gasteiger partial charge on any atom is 0.311 e. The molecule has 0 amide bonds. The lowest BCUT2D eigenvalue weighted by Gasteiger charge is -2.07.